The summed E-state index contributed by atoms with van der Waals surface area (Å²) in [5.41, 5.74) is 8.17. The average Bonchev–Trinajstić information content (AvgIpc) is 2.51. The van der Waals surface area contributed by atoms with Gasteiger partial charge < -0.3 is 11.1 Å². The smallest absolute Gasteiger partial charge is 0.239 e. The lowest BCUT2D eigenvalue weighted by molar-refractivity contribution is -0.126. The summed E-state index contributed by atoms with van der Waals surface area (Å²) < 4.78 is 0. The van der Waals surface area contributed by atoms with E-state index in [0.717, 1.165) is 25.9 Å². The Morgan fingerprint density at radius 1 is 1.39 bits per heavy atom. The van der Waals surface area contributed by atoms with Gasteiger partial charge in [-0.25, -0.2) is 0 Å². The standard InChI is InChI=1S/C18H29N3O.ClH/c1-4-10-18(3,19)17(22)20-12-14(2)21-11-9-15-7-5-6-8-16(15)13-21;/h5-8,14H,4,9-13,19H2,1-3H3,(H,20,22);1H. The summed E-state index contributed by atoms with van der Waals surface area (Å²) in [6.45, 7) is 8.68. The highest BCUT2D eigenvalue weighted by Gasteiger charge is 2.28. The number of fused-ring (bicyclic) bond motifs is 1. The first-order valence-electron chi connectivity index (χ1n) is 8.32. The maximum Gasteiger partial charge on any atom is 0.239 e. The van der Waals surface area contributed by atoms with Crippen LogP contribution < -0.4 is 11.1 Å². The van der Waals surface area contributed by atoms with Crippen LogP contribution in [0, 0.1) is 0 Å². The second-order valence-electron chi connectivity index (χ2n) is 6.72. The topological polar surface area (TPSA) is 58.4 Å². The lowest BCUT2D eigenvalue weighted by Crippen LogP contribution is -2.54. The fourth-order valence-corrected chi connectivity index (χ4v) is 3.10. The summed E-state index contributed by atoms with van der Waals surface area (Å²) >= 11 is 0. The maximum absolute atomic E-state index is 12.2. The molecule has 5 heteroatoms. The van der Waals surface area contributed by atoms with E-state index in [9.17, 15) is 4.79 Å². The van der Waals surface area contributed by atoms with E-state index in [4.69, 9.17) is 5.73 Å². The quantitative estimate of drug-likeness (QED) is 0.837. The van der Waals surface area contributed by atoms with Crippen LogP contribution in [0.15, 0.2) is 24.3 Å². The van der Waals surface area contributed by atoms with Crippen molar-refractivity contribution in [2.75, 3.05) is 13.1 Å². The van der Waals surface area contributed by atoms with Crippen LogP contribution in [0.5, 0.6) is 0 Å². The van der Waals surface area contributed by atoms with Crippen molar-refractivity contribution in [3.05, 3.63) is 35.4 Å². The Bertz CT molecular complexity index is 519. The first kappa shape index (κ1) is 19.9. The number of rotatable bonds is 6. The molecule has 2 unspecified atom stereocenters. The third-order valence-electron chi connectivity index (χ3n) is 4.63. The summed E-state index contributed by atoms with van der Waals surface area (Å²) in [5.74, 6) is -0.0430. The molecule has 1 aliphatic rings. The van der Waals surface area contributed by atoms with Gasteiger partial charge in [-0.3, -0.25) is 9.69 Å². The van der Waals surface area contributed by atoms with Crippen molar-refractivity contribution in [1.29, 1.82) is 0 Å². The minimum atomic E-state index is -0.761. The molecule has 0 spiro atoms. The van der Waals surface area contributed by atoms with Crippen LogP contribution >= 0.6 is 12.4 Å². The van der Waals surface area contributed by atoms with E-state index in [1.165, 1.54) is 11.1 Å². The number of nitrogens with two attached hydrogens (primary N) is 1. The highest BCUT2D eigenvalue weighted by atomic mass is 35.5. The van der Waals surface area contributed by atoms with E-state index in [2.05, 4.69) is 41.4 Å². The predicted molar refractivity (Wildman–Crippen MR) is 97.8 cm³/mol. The van der Waals surface area contributed by atoms with Crippen molar-refractivity contribution >= 4 is 18.3 Å². The van der Waals surface area contributed by atoms with E-state index in [1.54, 1.807) is 0 Å². The second kappa shape index (κ2) is 8.67. The average molecular weight is 340 g/mol. The van der Waals surface area contributed by atoms with Crippen LogP contribution in [-0.2, 0) is 17.8 Å². The lowest BCUT2D eigenvalue weighted by Gasteiger charge is -2.34. The molecule has 3 N–H and O–H groups in total. The Morgan fingerprint density at radius 3 is 2.70 bits per heavy atom. The fourth-order valence-electron chi connectivity index (χ4n) is 3.10. The summed E-state index contributed by atoms with van der Waals surface area (Å²) in [7, 11) is 0. The van der Waals surface area contributed by atoms with Gasteiger partial charge in [0.25, 0.3) is 0 Å². The van der Waals surface area contributed by atoms with Gasteiger partial charge in [-0.1, -0.05) is 37.6 Å². The third-order valence-corrected chi connectivity index (χ3v) is 4.63. The van der Waals surface area contributed by atoms with Gasteiger partial charge in [0.15, 0.2) is 0 Å². The van der Waals surface area contributed by atoms with Gasteiger partial charge in [-0.2, -0.15) is 0 Å². The molecule has 2 rings (SSSR count). The number of hydrogen-bond donors (Lipinski definition) is 2. The molecule has 1 heterocycles. The number of carbonyl (C=O) groups excluding carboxylic acids is 1. The van der Waals surface area contributed by atoms with Crippen molar-refractivity contribution < 1.29 is 4.79 Å². The van der Waals surface area contributed by atoms with Crippen molar-refractivity contribution in [2.45, 2.75) is 58.2 Å². The highest BCUT2D eigenvalue weighted by Crippen LogP contribution is 2.20. The number of hydrogen-bond acceptors (Lipinski definition) is 3. The number of amides is 1. The van der Waals surface area contributed by atoms with E-state index < -0.39 is 5.54 Å². The molecule has 0 bridgehead atoms. The van der Waals surface area contributed by atoms with Gasteiger partial charge in [0.05, 0.1) is 5.54 Å². The summed E-state index contributed by atoms with van der Waals surface area (Å²) in [4.78, 5) is 14.6. The number of halogens is 1. The zero-order valence-electron chi connectivity index (χ0n) is 14.5. The van der Waals surface area contributed by atoms with Gasteiger partial charge in [0.2, 0.25) is 5.91 Å². The van der Waals surface area contributed by atoms with E-state index in [-0.39, 0.29) is 18.3 Å². The minimum absolute atomic E-state index is 0. The Morgan fingerprint density at radius 2 is 2.04 bits per heavy atom. The molecule has 2 atom stereocenters. The SMILES string of the molecule is CCCC(C)(N)C(=O)NCC(C)N1CCc2ccccc2C1.Cl. The monoisotopic (exact) mass is 339 g/mol. The molecule has 0 radical (unpaired) electrons. The first-order chi connectivity index (χ1) is 10.4. The van der Waals surface area contributed by atoms with Gasteiger partial charge in [0, 0.05) is 25.7 Å². The molecule has 0 fully saturated rings. The van der Waals surface area contributed by atoms with E-state index >= 15 is 0 Å². The van der Waals surface area contributed by atoms with Gasteiger partial charge in [0.1, 0.15) is 0 Å². The molecule has 0 saturated heterocycles. The molecule has 0 aromatic heterocycles. The largest absolute Gasteiger partial charge is 0.353 e. The molecule has 0 saturated carbocycles. The Balaban J connectivity index is 0.00000264. The Kier molecular flexibility index (Phi) is 7.52. The van der Waals surface area contributed by atoms with Crippen LogP contribution in [0.1, 0.15) is 44.7 Å². The molecular weight excluding hydrogens is 310 g/mol. The molecule has 1 aliphatic heterocycles. The number of benzene rings is 1. The Labute approximate surface area is 146 Å². The van der Waals surface area contributed by atoms with Crippen LogP contribution in [0.4, 0.5) is 0 Å². The summed E-state index contributed by atoms with van der Waals surface area (Å²) in [5, 5.41) is 3.02. The second-order valence-corrected chi connectivity index (χ2v) is 6.72. The van der Waals surface area contributed by atoms with E-state index in [1.807, 2.05) is 13.8 Å². The lowest BCUT2D eigenvalue weighted by atomic mass is 9.96. The number of nitrogens with one attached hydrogen (secondary N) is 1. The molecule has 130 valence electrons. The first-order valence-corrected chi connectivity index (χ1v) is 8.32. The molecule has 1 aromatic rings. The third kappa shape index (κ3) is 5.20. The highest BCUT2D eigenvalue weighted by molar-refractivity contribution is 5.85. The van der Waals surface area contributed by atoms with Crippen LogP contribution in [0.25, 0.3) is 0 Å². The maximum atomic E-state index is 12.2. The number of nitrogens with zero attached hydrogens (tertiary/aromatic N) is 1. The molecule has 4 nitrogen and oxygen atoms in total. The molecular formula is C18H30ClN3O. The fraction of sp³-hybridized carbons (Fsp3) is 0.611. The molecule has 1 aromatic carbocycles. The van der Waals surface area contributed by atoms with Crippen LogP contribution in [0.2, 0.25) is 0 Å². The van der Waals surface area contributed by atoms with Gasteiger partial charge in [-0.15, -0.1) is 12.4 Å². The normalized spacial score (nSPS) is 18.3. The molecule has 1 amide bonds. The zero-order chi connectivity index (χ0) is 16.2. The molecule has 23 heavy (non-hydrogen) atoms. The Hall–Kier alpha value is -1.10. The van der Waals surface area contributed by atoms with E-state index in [0.29, 0.717) is 19.0 Å². The number of carbonyl (C=O) groups is 1. The van der Waals surface area contributed by atoms with Crippen LogP contribution in [0.3, 0.4) is 0 Å². The summed E-state index contributed by atoms with van der Waals surface area (Å²) in [6.07, 6.45) is 2.71. The zero-order valence-corrected chi connectivity index (χ0v) is 15.3. The van der Waals surface area contributed by atoms with Crippen molar-refractivity contribution in [3.63, 3.8) is 0 Å². The van der Waals surface area contributed by atoms with Gasteiger partial charge in [-0.05, 0) is 37.8 Å². The summed E-state index contributed by atoms with van der Waals surface area (Å²) in [6, 6.07) is 8.93. The van der Waals surface area contributed by atoms with Crippen LogP contribution in [-0.4, -0.2) is 35.5 Å². The minimum Gasteiger partial charge on any atom is -0.353 e. The molecule has 0 aliphatic carbocycles. The van der Waals surface area contributed by atoms with Crippen molar-refractivity contribution in [3.8, 4) is 0 Å². The van der Waals surface area contributed by atoms with Gasteiger partial charge >= 0.3 is 0 Å². The predicted octanol–water partition coefficient (Wildman–Crippen LogP) is 2.49. The van der Waals surface area contributed by atoms with Crippen molar-refractivity contribution in [1.82, 2.24) is 10.2 Å². The van der Waals surface area contributed by atoms with Crippen molar-refractivity contribution in [2.24, 2.45) is 5.73 Å².